The van der Waals surface area contributed by atoms with Crippen molar-refractivity contribution in [2.75, 3.05) is 6.61 Å². The smallest absolute Gasteiger partial charge is 0.0474 e. The molecular formula is C12H22O. The fourth-order valence-electron chi connectivity index (χ4n) is 1.16. The Labute approximate surface area is 82.2 Å². The van der Waals surface area contributed by atoms with Crippen molar-refractivity contribution >= 4 is 0 Å². The molecule has 0 aromatic heterocycles. The number of hydrogen-bond acceptors (Lipinski definition) is 1. The van der Waals surface area contributed by atoms with Gasteiger partial charge < -0.3 is 5.11 Å². The van der Waals surface area contributed by atoms with Crippen molar-refractivity contribution in [2.45, 2.75) is 52.4 Å². The molecule has 76 valence electrons. The van der Waals surface area contributed by atoms with Gasteiger partial charge in [0.1, 0.15) is 0 Å². The fraction of sp³-hybridized carbons (Fsp3) is 0.750. The molecule has 1 nitrogen and oxygen atoms in total. The molecule has 0 aliphatic heterocycles. The Balaban J connectivity index is 3.97. The van der Waals surface area contributed by atoms with Crippen molar-refractivity contribution in [1.82, 2.24) is 0 Å². The zero-order valence-corrected chi connectivity index (χ0v) is 8.97. The zero-order chi connectivity index (χ0) is 9.94. The van der Waals surface area contributed by atoms with E-state index in [1.54, 1.807) is 0 Å². The van der Waals surface area contributed by atoms with Crippen LogP contribution in [0.15, 0.2) is 17.4 Å². The highest BCUT2D eigenvalue weighted by atomic mass is 16.2. The summed E-state index contributed by atoms with van der Waals surface area (Å²) in [5, 5.41) is 8.82. The SMILES string of the molecule is CCCC=C=C(CCO)CCCC. The second-order valence-corrected chi connectivity index (χ2v) is 3.32. The summed E-state index contributed by atoms with van der Waals surface area (Å²) in [5.41, 5.74) is 4.56. The summed E-state index contributed by atoms with van der Waals surface area (Å²) in [4.78, 5) is 0. The lowest BCUT2D eigenvalue weighted by atomic mass is 10.1. The first kappa shape index (κ1) is 12.5. The van der Waals surface area contributed by atoms with Crippen LogP contribution in [0.3, 0.4) is 0 Å². The van der Waals surface area contributed by atoms with E-state index in [0.29, 0.717) is 0 Å². The minimum absolute atomic E-state index is 0.256. The fourth-order valence-corrected chi connectivity index (χ4v) is 1.16. The first-order chi connectivity index (χ1) is 6.35. The van der Waals surface area contributed by atoms with Gasteiger partial charge in [-0.2, -0.15) is 0 Å². The van der Waals surface area contributed by atoms with E-state index in [1.165, 1.54) is 24.8 Å². The highest BCUT2D eigenvalue weighted by Crippen LogP contribution is 2.09. The van der Waals surface area contributed by atoms with Gasteiger partial charge in [0, 0.05) is 6.61 Å². The standard InChI is InChI=1S/C12H22O/c1-3-5-7-9-12(10-11-13)8-6-4-2/h7,13H,3-6,8,10-11H2,1-2H3. The zero-order valence-electron chi connectivity index (χ0n) is 8.97. The first-order valence-electron chi connectivity index (χ1n) is 5.38. The highest BCUT2D eigenvalue weighted by Gasteiger charge is 1.93. The maximum atomic E-state index is 8.82. The summed E-state index contributed by atoms with van der Waals surface area (Å²) in [6.45, 7) is 4.61. The van der Waals surface area contributed by atoms with Gasteiger partial charge >= 0.3 is 0 Å². The van der Waals surface area contributed by atoms with Crippen molar-refractivity contribution in [3.63, 3.8) is 0 Å². The molecule has 0 unspecified atom stereocenters. The molecule has 0 aliphatic carbocycles. The molecule has 0 aromatic rings. The molecular weight excluding hydrogens is 160 g/mol. The van der Waals surface area contributed by atoms with Gasteiger partial charge in [-0.25, -0.2) is 0 Å². The number of aliphatic hydroxyl groups is 1. The molecule has 0 bridgehead atoms. The molecule has 0 rings (SSSR count). The van der Waals surface area contributed by atoms with Gasteiger partial charge in [-0.3, -0.25) is 0 Å². The summed E-state index contributed by atoms with van der Waals surface area (Å²) >= 11 is 0. The molecule has 0 atom stereocenters. The second kappa shape index (κ2) is 9.57. The van der Waals surface area contributed by atoms with E-state index in [2.05, 4.69) is 25.7 Å². The molecule has 0 aromatic carbocycles. The van der Waals surface area contributed by atoms with Gasteiger partial charge in [-0.05, 0) is 37.3 Å². The maximum absolute atomic E-state index is 8.82. The Morgan fingerprint density at radius 2 is 2.00 bits per heavy atom. The molecule has 1 heteroatoms. The van der Waals surface area contributed by atoms with Crippen molar-refractivity contribution in [2.24, 2.45) is 0 Å². The van der Waals surface area contributed by atoms with Crippen LogP contribution >= 0.6 is 0 Å². The summed E-state index contributed by atoms with van der Waals surface area (Å²) in [6, 6.07) is 0. The first-order valence-corrected chi connectivity index (χ1v) is 5.38. The topological polar surface area (TPSA) is 20.2 Å². The lowest BCUT2D eigenvalue weighted by Crippen LogP contribution is -1.87. The van der Waals surface area contributed by atoms with Gasteiger partial charge in [0.15, 0.2) is 0 Å². The summed E-state index contributed by atoms with van der Waals surface area (Å²) in [6.07, 6.45) is 8.68. The minimum Gasteiger partial charge on any atom is -0.396 e. The Morgan fingerprint density at radius 3 is 2.54 bits per heavy atom. The number of hydrogen-bond donors (Lipinski definition) is 1. The van der Waals surface area contributed by atoms with Gasteiger partial charge in [-0.15, -0.1) is 5.73 Å². The van der Waals surface area contributed by atoms with Gasteiger partial charge in [0.25, 0.3) is 0 Å². The largest absolute Gasteiger partial charge is 0.396 e. The van der Waals surface area contributed by atoms with Crippen LogP contribution in [-0.4, -0.2) is 11.7 Å². The highest BCUT2D eigenvalue weighted by molar-refractivity contribution is 5.01. The third kappa shape index (κ3) is 7.83. The maximum Gasteiger partial charge on any atom is 0.0474 e. The van der Waals surface area contributed by atoms with Gasteiger partial charge in [-0.1, -0.05) is 26.7 Å². The van der Waals surface area contributed by atoms with E-state index in [-0.39, 0.29) is 6.61 Å². The number of rotatable bonds is 7. The molecule has 0 aliphatic rings. The van der Waals surface area contributed by atoms with Crippen LogP contribution in [0.5, 0.6) is 0 Å². The van der Waals surface area contributed by atoms with E-state index in [4.69, 9.17) is 5.11 Å². The van der Waals surface area contributed by atoms with Crippen molar-refractivity contribution in [3.8, 4) is 0 Å². The summed E-state index contributed by atoms with van der Waals surface area (Å²) in [5.74, 6) is 0. The van der Waals surface area contributed by atoms with Crippen molar-refractivity contribution < 1.29 is 5.11 Å². The molecule has 0 fully saturated rings. The molecule has 0 spiro atoms. The van der Waals surface area contributed by atoms with Crippen molar-refractivity contribution in [1.29, 1.82) is 0 Å². The van der Waals surface area contributed by atoms with E-state index in [1.807, 2.05) is 0 Å². The predicted octanol–water partition coefficient (Wildman–Crippen LogP) is 3.44. The molecule has 0 amide bonds. The lowest BCUT2D eigenvalue weighted by Gasteiger charge is -2.00. The van der Waals surface area contributed by atoms with Gasteiger partial charge in [0.2, 0.25) is 0 Å². The Morgan fingerprint density at radius 1 is 1.23 bits per heavy atom. The van der Waals surface area contributed by atoms with Crippen LogP contribution in [0.2, 0.25) is 0 Å². The van der Waals surface area contributed by atoms with E-state index >= 15 is 0 Å². The quantitative estimate of drug-likeness (QED) is 0.598. The van der Waals surface area contributed by atoms with Crippen LogP contribution < -0.4 is 0 Å². The molecule has 1 N–H and O–H groups in total. The predicted molar refractivity (Wildman–Crippen MR) is 57.7 cm³/mol. The lowest BCUT2D eigenvalue weighted by molar-refractivity contribution is 0.297. The Bertz CT molecular complexity index is 164. The van der Waals surface area contributed by atoms with Crippen LogP contribution in [0.25, 0.3) is 0 Å². The monoisotopic (exact) mass is 182 g/mol. The second-order valence-electron chi connectivity index (χ2n) is 3.32. The Kier molecular flexibility index (Phi) is 9.18. The third-order valence-electron chi connectivity index (χ3n) is 1.98. The molecule has 0 radical (unpaired) electrons. The number of unbranched alkanes of at least 4 members (excludes halogenated alkanes) is 2. The molecule has 13 heavy (non-hydrogen) atoms. The normalized spacial score (nSPS) is 9.46. The summed E-state index contributed by atoms with van der Waals surface area (Å²) < 4.78 is 0. The van der Waals surface area contributed by atoms with E-state index < -0.39 is 0 Å². The van der Waals surface area contributed by atoms with E-state index in [0.717, 1.165) is 19.3 Å². The number of aliphatic hydroxyl groups excluding tert-OH is 1. The average molecular weight is 182 g/mol. The van der Waals surface area contributed by atoms with Crippen molar-refractivity contribution in [3.05, 3.63) is 17.4 Å². The molecule has 0 heterocycles. The van der Waals surface area contributed by atoms with Gasteiger partial charge in [0.05, 0.1) is 0 Å². The van der Waals surface area contributed by atoms with Crippen LogP contribution in [0, 0.1) is 0 Å². The summed E-state index contributed by atoms with van der Waals surface area (Å²) in [7, 11) is 0. The molecule has 0 saturated carbocycles. The van der Waals surface area contributed by atoms with Crippen LogP contribution in [-0.2, 0) is 0 Å². The third-order valence-corrected chi connectivity index (χ3v) is 1.98. The van der Waals surface area contributed by atoms with Crippen LogP contribution in [0.4, 0.5) is 0 Å². The average Bonchev–Trinajstić information content (AvgIpc) is 2.14. The van der Waals surface area contributed by atoms with E-state index in [9.17, 15) is 0 Å². The Hall–Kier alpha value is -0.520. The van der Waals surface area contributed by atoms with Crippen LogP contribution in [0.1, 0.15) is 52.4 Å². The molecule has 0 saturated heterocycles. The minimum atomic E-state index is 0.256.